The predicted molar refractivity (Wildman–Crippen MR) is 111 cm³/mol. The van der Waals surface area contributed by atoms with Crippen LogP contribution in [0.25, 0.3) is 11.3 Å². The summed E-state index contributed by atoms with van der Waals surface area (Å²) >= 11 is 0. The van der Waals surface area contributed by atoms with E-state index >= 15 is 0 Å². The fraction of sp³-hybridized carbons (Fsp3) is 0.286. The van der Waals surface area contributed by atoms with Crippen LogP contribution in [0.15, 0.2) is 58.5 Å². The first-order valence-electron chi connectivity index (χ1n) is 9.33. The first-order valence-corrected chi connectivity index (χ1v) is 10.8. The van der Waals surface area contributed by atoms with E-state index in [1.165, 1.54) is 35.7 Å². The zero-order valence-electron chi connectivity index (χ0n) is 17.6. The van der Waals surface area contributed by atoms with Crippen molar-refractivity contribution in [2.24, 2.45) is 0 Å². The molecule has 0 unspecified atom stereocenters. The van der Waals surface area contributed by atoms with Gasteiger partial charge < -0.3 is 14.1 Å². The molecule has 0 spiro atoms. The lowest BCUT2D eigenvalue weighted by Crippen LogP contribution is -2.33. The number of aromatic nitrogens is 2. The van der Waals surface area contributed by atoms with Gasteiger partial charge in [0.2, 0.25) is 5.09 Å². The first kappa shape index (κ1) is 22.1. The smallest absolute Gasteiger partial charge is 0.410 e. The summed E-state index contributed by atoms with van der Waals surface area (Å²) in [5.74, 6) is 0. The molecule has 1 amide bonds. The molecule has 0 atom stereocenters. The number of furan rings is 1. The number of nitriles is 1. The van der Waals surface area contributed by atoms with Gasteiger partial charge in [-0.25, -0.2) is 13.8 Å². The predicted octanol–water partition coefficient (Wildman–Crippen LogP) is 3.62. The lowest BCUT2D eigenvalue weighted by atomic mass is 10.1. The van der Waals surface area contributed by atoms with Crippen molar-refractivity contribution >= 4 is 16.1 Å². The van der Waals surface area contributed by atoms with Crippen molar-refractivity contribution in [1.29, 1.82) is 5.26 Å². The van der Waals surface area contributed by atoms with E-state index in [0.29, 0.717) is 11.1 Å². The minimum absolute atomic E-state index is 0.0727. The highest BCUT2D eigenvalue weighted by molar-refractivity contribution is 7.89. The molecule has 0 saturated carbocycles. The van der Waals surface area contributed by atoms with Gasteiger partial charge in [0.15, 0.2) is 0 Å². The SMILES string of the molecule is CN(Cc1cc(-c2cccnc2C#N)n(S(=O)(=O)c2ccco2)c1)C(=O)OC(C)(C)C. The van der Waals surface area contributed by atoms with Gasteiger partial charge in [0, 0.05) is 25.0 Å². The zero-order valence-corrected chi connectivity index (χ0v) is 18.4. The number of carbonyl (C=O) groups is 1. The van der Waals surface area contributed by atoms with E-state index < -0.39 is 21.7 Å². The second-order valence-electron chi connectivity index (χ2n) is 7.81. The van der Waals surface area contributed by atoms with E-state index in [1.807, 2.05) is 6.07 Å². The summed E-state index contributed by atoms with van der Waals surface area (Å²) in [6.45, 7) is 5.37. The van der Waals surface area contributed by atoms with Crippen molar-refractivity contribution in [2.45, 2.75) is 38.0 Å². The van der Waals surface area contributed by atoms with Crippen LogP contribution in [0.1, 0.15) is 32.0 Å². The zero-order chi connectivity index (χ0) is 22.8. The second-order valence-corrected chi connectivity index (χ2v) is 9.56. The maximum Gasteiger partial charge on any atom is 0.410 e. The number of hydrogen-bond acceptors (Lipinski definition) is 7. The lowest BCUT2D eigenvalue weighted by Gasteiger charge is -2.24. The summed E-state index contributed by atoms with van der Waals surface area (Å²) in [6, 6.07) is 9.59. The molecule has 0 aliphatic carbocycles. The molecule has 10 heteroatoms. The van der Waals surface area contributed by atoms with Gasteiger partial charge in [0.1, 0.15) is 17.4 Å². The van der Waals surface area contributed by atoms with Crippen molar-refractivity contribution in [3.63, 3.8) is 0 Å². The maximum atomic E-state index is 13.2. The van der Waals surface area contributed by atoms with Crippen LogP contribution in [0.4, 0.5) is 4.79 Å². The Morgan fingerprint density at radius 2 is 2.06 bits per heavy atom. The molecule has 0 aromatic carbocycles. The van der Waals surface area contributed by atoms with Gasteiger partial charge in [0.25, 0.3) is 0 Å². The molecular weight excluding hydrogens is 420 g/mol. The Kier molecular flexibility index (Phi) is 5.90. The largest absolute Gasteiger partial charge is 0.451 e. The van der Waals surface area contributed by atoms with Gasteiger partial charge in [-0.05, 0) is 56.7 Å². The molecule has 3 aromatic rings. The molecule has 0 bridgehead atoms. The van der Waals surface area contributed by atoms with Gasteiger partial charge in [0.05, 0.1) is 18.5 Å². The van der Waals surface area contributed by atoms with Crippen LogP contribution in [-0.2, 0) is 21.3 Å². The number of nitrogens with zero attached hydrogens (tertiary/aromatic N) is 4. The van der Waals surface area contributed by atoms with E-state index in [2.05, 4.69) is 4.98 Å². The molecule has 0 aliphatic heterocycles. The number of rotatable bonds is 5. The molecule has 0 saturated heterocycles. The second kappa shape index (κ2) is 8.28. The van der Waals surface area contributed by atoms with Crippen molar-refractivity contribution in [3.8, 4) is 17.3 Å². The highest BCUT2D eigenvalue weighted by Gasteiger charge is 2.27. The molecule has 0 N–H and O–H groups in total. The van der Waals surface area contributed by atoms with E-state index in [4.69, 9.17) is 9.15 Å². The third-order valence-electron chi connectivity index (χ3n) is 4.17. The number of pyridine rings is 1. The number of carbonyl (C=O) groups excluding carboxylic acids is 1. The lowest BCUT2D eigenvalue weighted by molar-refractivity contribution is 0.0285. The average molecular weight is 442 g/mol. The fourth-order valence-electron chi connectivity index (χ4n) is 2.86. The van der Waals surface area contributed by atoms with Gasteiger partial charge in [-0.3, -0.25) is 0 Å². The molecule has 162 valence electrons. The minimum Gasteiger partial charge on any atom is -0.451 e. The quantitative estimate of drug-likeness (QED) is 0.592. The monoisotopic (exact) mass is 442 g/mol. The van der Waals surface area contributed by atoms with Crippen LogP contribution in [0, 0.1) is 11.3 Å². The first-order chi connectivity index (χ1) is 14.5. The molecule has 0 fully saturated rings. The Morgan fingerprint density at radius 3 is 2.68 bits per heavy atom. The van der Waals surface area contributed by atoms with Crippen LogP contribution < -0.4 is 0 Å². The van der Waals surface area contributed by atoms with Crippen LogP contribution in [0.3, 0.4) is 0 Å². The molecule has 3 aromatic heterocycles. The Labute approximate surface area is 180 Å². The van der Waals surface area contributed by atoms with Crippen molar-refractivity contribution in [2.75, 3.05) is 7.05 Å². The van der Waals surface area contributed by atoms with Crippen molar-refractivity contribution in [1.82, 2.24) is 13.9 Å². The summed E-state index contributed by atoms with van der Waals surface area (Å²) in [7, 11) is -2.53. The van der Waals surface area contributed by atoms with Crippen molar-refractivity contribution in [3.05, 3.63) is 60.2 Å². The van der Waals surface area contributed by atoms with E-state index in [-0.39, 0.29) is 23.0 Å². The van der Waals surface area contributed by atoms with Gasteiger partial charge in [-0.1, -0.05) is 0 Å². The average Bonchev–Trinajstić information content (AvgIpc) is 3.37. The Bertz CT molecular complexity index is 1230. The molecule has 3 rings (SSSR count). The summed E-state index contributed by atoms with van der Waals surface area (Å²) in [4.78, 5) is 17.7. The van der Waals surface area contributed by atoms with Gasteiger partial charge in [-0.2, -0.15) is 13.7 Å². The number of amides is 1. The Balaban J connectivity index is 2.07. The Hall–Kier alpha value is -3.58. The van der Waals surface area contributed by atoms with Crippen LogP contribution in [0.5, 0.6) is 0 Å². The topological polar surface area (TPSA) is 118 Å². The molecule has 3 heterocycles. The number of ether oxygens (including phenoxy) is 1. The van der Waals surface area contributed by atoms with Crippen LogP contribution in [0.2, 0.25) is 0 Å². The van der Waals surface area contributed by atoms with Crippen molar-refractivity contribution < 1.29 is 22.4 Å². The fourth-order valence-corrected chi connectivity index (χ4v) is 4.17. The third kappa shape index (κ3) is 4.78. The van der Waals surface area contributed by atoms with Crippen LogP contribution in [-0.4, -0.2) is 41.0 Å². The molecule has 9 nitrogen and oxygen atoms in total. The summed E-state index contributed by atoms with van der Waals surface area (Å²) in [6.07, 6.45) is 3.56. The third-order valence-corrected chi connectivity index (χ3v) is 5.73. The van der Waals surface area contributed by atoms with Gasteiger partial charge >= 0.3 is 16.1 Å². The standard InChI is InChI=1S/C21H22N4O5S/c1-21(2,3)30-20(26)24(4)13-15-11-18(16-7-5-9-23-17(16)12-22)25(14-15)31(27,28)19-8-6-10-29-19/h5-11,14H,13H2,1-4H3. The maximum absolute atomic E-state index is 13.2. The molecule has 0 aliphatic rings. The van der Waals surface area contributed by atoms with Gasteiger partial charge in [-0.15, -0.1) is 0 Å². The number of hydrogen-bond donors (Lipinski definition) is 0. The van der Waals surface area contributed by atoms with E-state index in [1.54, 1.807) is 46.0 Å². The summed E-state index contributed by atoms with van der Waals surface area (Å²) < 4.78 is 37.8. The van der Waals surface area contributed by atoms with Crippen LogP contribution >= 0.6 is 0 Å². The van der Waals surface area contributed by atoms with E-state index in [9.17, 15) is 18.5 Å². The summed E-state index contributed by atoms with van der Waals surface area (Å²) in [5, 5.41) is 9.18. The Morgan fingerprint density at radius 1 is 1.32 bits per heavy atom. The highest BCUT2D eigenvalue weighted by Crippen LogP contribution is 2.29. The normalized spacial score (nSPS) is 11.7. The summed E-state index contributed by atoms with van der Waals surface area (Å²) in [5.41, 5.74) is 0.498. The minimum atomic E-state index is -4.09. The van der Waals surface area contributed by atoms with E-state index in [0.717, 1.165) is 3.97 Å². The molecular formula is C21H22N4O5S. The highest BCUT2D eigenvalue weighted by atomic mass is 32.2. The molecule has 31 heavy (non-hydrogen) atoms. The molecule has 0 radical (unpaired) electrons.